The van der Waals surface area contributed by atoms with E-state index in [4.69, 9.17) is 15.5 Å². The van der Waals surface area contributed by atoms with Gasteiger partial charge in [0, 0.05) is 11.6 Å². The molecule has 3 heterocycles. The van der Waals surface area contributed by atoms with Gasteiger partial charge in [0.2, 0.25) is 0 Å². The lowest BCUT2D eigenvalue weighted by molar-refractivity contribution is 0.276. The summed E-state index contributed by atoms with van der Waals surface area (Å²) in [6, 6.07) is 9.66. The zero-order valence-corrected chi connectivity index (χ0v) is 16.3. The Morgan fingerprint density at radius 2 is 2.03 bits per heavy atom. The van der Waals surface area contributed by atoms with Crippen LogP contribution in [0.15, 0.2) is 48.9 Å². The second-order valence-corrected chi connectivity index (χ2v) is 6.66. The number of hydrogen-bond donors (Lipinski definition) is 2. The van der Waals surface area contributed by atoms with Gasteiger partial charge in [0.25, 0.3) is 0 Å². The van der Waals surface area contributed by atoms with Crippen molar-refractivity contribution in [3.05, 3.63) is 60.3 Å². The van der Waals surface area contributed by atoms with E-state index in [-0.39, 0.29) is 12.6 Å². The Labute approximate surface area is 168 Å². The molecule has 0 fully saturated rings. The Bertz CT molecular complexity index is 1160. The summed E-state index contributed by atoms with van der Waals surface area (Å²) < 4.78 is 7.28. The lowest BCUT2D eigenvalue weighted by Crippen LogP contribution is -2.10. The molecule has 0 spiro atoms. The monoisotopic (exact) mass is 390 g/mol. The number of ether oxygens (including phenoxy) is 1. The van der Waals surface area contributed by atoms with Crippen LogP contribution in [0.25, 0.3) is 28.0 Å². The van der Waals surface area contributed by atoms with Crippen LogP contribution in [0.3, 0.4) is 0 Å². The molecule has 0 saturated heterocycles. The Morgan fingerprint density at radius 3 is 2.79 bits per heavy atom. The van der Waals surface area contributed by atoms with Crippen molar-refractivity contribution in [2.45, 2.75) is 26.0 Å². The van der Waals surface area contributed by atoms with Crippen molar-refractivity contribution >= 4 is 10.9 Å². The normalized spacial score (nSPS) is 12.3. The average Bonchev–Trinajstić information content (AvgIpc) is 3.22. The highest BCUT2D eigenvalue weighted by molar-refractivity contribution is 5.90. The van der Waals surface area contributed by atoms with Crippen LogP contribution >= 0.6 is 0 Å². The third-order valence-corrected chi connectivity index (χ3v) is 4.81. The first-order valence-corrected chi connectivity index (χ1v) is 9.35. The zero-order chi connectivity index (χ0) is 20.4. The molecule has 3 aromatic heterocycles. The number of pyridine rings is 1. The Hall–Kier alpha value is -3.36. The molecule has 4 aromatic rings. The molecular weight excluding hydrogens is 368 g/mol. The number of benzene rings is 1. The highest BCUT2D eigenvalue weighted by Gasteiger charge is 2.15. The summed E-state index contributed by atoms with van der Waals surface area (Å²) in [7, 11) is 1.62. The minimum atomic E-state index is -0.191. The second-order valence-electron chi connectivity index (χ2n) is 6.66. The quantitative estimate of drug-likeness (QED) is 0.520. The van der Waals surface area contributed by atoms with Gasteiger partial charge in [-0.2, -0.15) is 5.10 Å². The number of methoxy groups -OCH3 is 1. The lowest BCUT2D eigenvalue weighted by atomic mass is 10.1. The molecule has 1 aromatic carbocycles. The SMILES string of the molecule is CC[C@H](N)c1cccc(-c2cc(OC)c3cnn(-c4cncc(CO)n4)c3c2)n1. The van der Waals surface area contributed by atoms with Crippen LogP contribution in [0.4, 0.5) is 0 Å². The molecule has 148 valence electrons. The number of aliphatic hydroxyl groups excluding tert-OH is 1. The Balaban J connectivity index is 1.89. The van der Waals surface area contributed by atoms with E-state index < -0.39 is 0 Å². The number of nitrogens with zero attached hydrogens (tertiary/aromatic N) is 5. The first-order chi connectivity index (χ1) is 14.1. The first-order valence-electron chi connectivity index (χ1n) is 9.35. The standard InChI is InChI=1S/C21H22N6O2/c1-3-16(22)18-6-4-5-17(26-18)13-7-19-15(20(8-13)29-2)10-24-27(19)21-11-23-9-14(12-28)25-21/h4-11,16,28H,3,12,22H2,1-2H3/t16-/m0/s1. The van der Waals surface area contributed by atoms with Crippen LogP contribution in [0.2, 0.25) is 0 Å². The van der Waals surface area contributed by atoms with Gasteiger partial charge in [-0.25, -0.2) is 9.67 Å². The lowest BCUT2D eigenvalue weighted by Gasteiger charge is -2.12. The topological polar surface area (TPSA) is 112 Å². The number of nitrogens with two attached hydrogens (primary N) is 1. The Kier molecular flexibility index (Phi) is 5.20. The van der Waals surface area contributed by atoms with Crippen LogP contribution < -0.4 is 10.5 Å². The van der Waals surface area contributed by atoms with E-state index in [1.54, 1.807) is 24.2 Å². The highest BCUT2D eigenvalue weighted by Crippen LogP contribution is 2.33. The third-order valence-electron chi connectivity index (χ3n) is 4.81. The van der Waals surface area contributed by atoms with Gasteiger partial charge in [0.1, 0.15) is 5.75 Å². The van der Waals surface area contributed by atoms with E-state index in [0.717, 1.165) is 34.3 Å². The fraction of sp³-hybridized carbons (Fsp3) is 0.238. The predicted octanol–water partition coefficient (Wildman–Crippen LogP) is 2.79. The number of hydrogen-bond acceptors (Lipinski definition) is 7. The van der Waals surface area contributed by atoms with Gasteiger partial charge >= 0.3 is 0 Å². The molecule has 4 rings (SSSR count). The second kappa shape index (κ2) is 7.94. The summed E-state index contributed by atoms with van der Waals surface area (Å²) in [6.07, 6.45) is 5.66. The average molecular weight is 390 g/mol. The van der Waals surface area contributed by atoms with Gasteiger partial charge in [0.05, 0.1) is 60.3 Å². The minimum absolute atomic E-state index is 0.109. The molecular formula is C21H22N6O2. The van der Waals surface area contributed by atoms with E-state index in [0.29, 0.717) is 17.3 Å². The molecule has 0 radical (unpaired) electrons. The van der Waals surface area contributed by atoms with E-state index in [2.05, 4.69) is 15.1 Å². The number of rotatable bonds is 6. The first kappa shape index (κ1) is 19.0. The maximum Gasteiger partial charge on any atom is 0.172 e. The van der Waals surface area contributed by atoms with Crippen LogP contribution in [0, 0.1) is 0 Å². The smallest absolute Gasteiger partial charge is 0.172 e. The zero-order valence-electron chi connectivity index (χ0n) is 16.3. The maximum atomic E-state index is 9.37. The molecule has 0 unspecified atom stereocenters. The van der Waals surface area contributed by atoms with Crippen LogP contribution in [-0.2, 0) is 6.61 Å². The molecule has 0 aliphatic heterocycles. The van der Waals surface area contributed by atoms with Gasteiger partial charge in [-0.3, -0.25) is 9.97 Å². The van der Waals surface area contributed by atoms with Crippen molar-refractivity contribution in [2.75, 3.05) is 7.11 Å². The largest absolute Gasteiger partial charge is 0.496 e. The van der Waals surface area contributed by atoms with Gasteiger partial charge in [0.15, 0.2) is 5.82 Å². The summed E-state index contributed by atoms with van der Waals surface area (Å²) in [5.74, 6) is 1.20. The summed E-state index contributed by atoms with van der Waals surface area (Å²) >= 11 is 0. The predicted molar refractivity (Wildman–Crippen MR) is 110 cm³/mol. The van der Waals surface area contributed by atoms with Crippen molar-refractivity contribution in [1.82, 2.24) is 24.7 Å². The van der Waals surface area contributed by atoms with Crippen LogP contribution in [0.1, 0.15) is 30.8 Å². The molecule has 0 saturated carbocycles. The molecule has 8 nitrogen and oxygen atoms in total. The van der Waals surface area contributed by atoms with Gasteiger partial charge < -0.3 is 15.6 Å². The summed E-state index contributed by atoms with van der Waals surface area (Å²) in [5, 5.41) is 14.7. The number of aromatic nitrogens is 5. The highest BCUT2D eigenvalue weighted by atomic mass is 16.5. The fourth-order valence-electron chi connectivity index (χ4n) is 3.19. The number of aliphatic hydroxyl groups is 1. The molecule has 0 aliphatic rings. The van der Waals surface area contributed by atoms with Gasteiger partial charge in [-0.05, 0) is 30.7 Å². The van der Waals surface area contributed by atoms with Crippen molar-refractivity contribution in [1.29, 1.82) is 0 Å². The summed E-state index contributed by atoms with van der Waals surface area (Å²) in [6.45, 7) is 1.84. The third kappa shape index (κ3) is 3.55. The maximum absolute atomic E-state index is 9.37. The van der Waals surface area contributed by atoms with Crippen molar-refractivity contribution in [3.63, 3.8) is 0 Å². The molecule has 0 aliphatic carbocycles. The molecule has 3 N–H and O–H groups in total. The molecule has 29 heavy (non-hydrogen) atoms. The van der Waals surface area contributed by atoms with E-state index in [1.165, 1.54) is 6.20 Å². The molecule has 0 amide bonds. The molecule has 0 bridgehead atoms. The minimum Gasteiger partial charge on any atom is -0.496 e. The summed E-state index contributed by atoms with van der Waals surface area (Å²) in [4.78, 5) is 13.3. The van der Waals surface area contributed by atoms with Gasteiger partial charge in [-0.1, -0.05) is 13.0 Å². The number of fused-ring (bicyclic) bond motifs is 1. The molecule has 1 atom stereocenters. The van der Waals surface area contributed by atoms with E-state index in [9.17, 15) is 5.11 Å². The van der Waals surface area contributed by atoms with E-state index in [1.807, 2.05) is 37.3 Å². The summed E-state index contributed by atoms with van der Waals surface area (Å²) in [5.41, 5.74) is 9.96. The van der Waals surface area contributed by atoms with E-state index >= 15 is 0 Å². The van der Waals surface area contributed by atoms with Crippen LogP contribution in [0.5, 0.6) is 5.75 Å². The van der Waals surface area contributed by atoms with Crippen molar-refractivity contribution in [3.8, 4) is 22.8 Å². The Morgan fingerprint density at radius 1 is 1.17 bits per heavy atom. The fourth-order valence-corrected chi connectivity index (χ4v) is 3.19. The van der Waals surface area contributed by atoms with Crippen LogP contribution in [-0.4, -0.2) is 36.9 Å². The van der Waals surface area contributed by atoms with Crippen molar-refractivity contribution in [2.24, 2.45) is 5.73 Å². The van der Waals surface area contributed by atoms with Crippen molar-refractivity contribution < 1.29 is 9.84 Å². The van der Waals surface area contributed by atoms with Gasteiger partial charge in [-0.15, -0.1) is 0 Å². The molecule has 8 heteroatoms.